The van der Waals surface area contributed by atoms with Crippen molar-refractivity contribution < 1.29 is 14.6 Å². The van der Waals surface area contributed by atoms with E-state index in [2.05, 4.69) is 34.5 Å². The highest BCUT2D eigenvalue weighted by atomic mass is 16.5. The molecule has 0 saturated heterocycles. The number of aliphatic hydroxyl groups excluding tert-OH is 1. The zero-order valence-electron chi connectivity index (χ0n) is 12.5. The average molecular weight is 282 g/mol. The highest BCUT2D eigenvalue weighted by Crippen LogP contribution is 2.15. The zero-order valence-corrected chi connectivity index (χ0v) is 12.5. The molecule has 0 unspecified atom stereocenters. The molecule has 114 valence electrons. The second-order valence-corrected chi connectivity index (χ2v) is 4.54. The third-order valence-corrected chi connectivity index (χ3v) is 3.05. The Morgan fingerprint density at radius 1 is 1.05 bits per heavy atom. The summed E-state index contributed by atoms with van der Waals surface area (Å²) in [6.45, 7) is 4.60. The Hall–Kier alpha value is -1.14. The molecular formula is C15H26N2O3. The number of ether oxygens (including phenoxy) is 2. The molecule has 0 atom stereocenters. The summed E-state index contributed by atoms with van der Waals surface area (Å²) in [5, 5.41) is 12.4. The maximum Gasteiger partial charge on any atom is 0.0637 e. The van der Waals surface area contributed by atoms with Crippen molar-refractivity contribution in [3.63, 3.8) is 0 Å². The fourth-order valence-corrected chi connectivity index (χ4v) is 1.92. The van der Waals surface area contributed by atoms with Crippen molar-refractivity contribution in [2.24, 2.45) is 0 Å². The van der Waals surface area contributed by atoms with Gasteiger partial charge in [0.2, 0.25) is 0 Å². The van der Waals surface area contributed by atoms with Gasteiger partial charge in [0.15, 0.2) is 0 Å². The Kier molecular flexibility index (Phi) is 8.98. The second-order valence-electron chi connectivity index (χ2n) is 4.54. The summed E-state index contributed by atoms with van der Waals surface area (Å²) in [4.78, 5) is 2.12. The van der Waals surface area contributed by atoms with Gasteiger partial charge in [-0.2, -0.15) is 0 Å². The quantitative estimate of drug-likeness (QED) is 0.590. The van der Waals surface area contributed by atoms with E-state index in [4.69, 9.17) is 14.6 Å². The van der Waals surface area contributed by atoms with E-state index in [0.717, 1.165) is 31.9 Å². The molecule has 1 rings (SSSR count). The van der Waals surface area contributed by atoms with E-state index in [1.165, 1.54) is 5.56 Å². The van der Waals surface area contributed by atoms with Crippen LogP contribution in [0.3, 0.4) is 0 Å². The third kappa shape index (κ3) is 6.34. The highest BCUT2D eigenvalue weighted by molar-refractivity contribution is 5.47. The van der Waals surface area contributed by atoms with Crippen molar-refractivity contribution in [3.8, 4) is 0 Å². The molecule has 0 bridgehead atoms. The summed E-state index contributed by atoms with van der Waals surface area (Å²) in [5.74, 6) is 0. The topological polar surface area (TPSA) is 54.0 Å². The van der Waals surface area contributed by atoms with Crippen LogP contribution >= 0.6 is 0 Å². The zero-order chi connectivity index (χ0) is 14.6. The fourth-order valence-electron chi connectivity index (χ4n) is 1.92. The average Bonchev–Trinajstić information content (AvgIpc) is 2.49. The summed E-state index contributed by atoms with van der Waals surface area (Å²) in [7, 11) is 3.39. The van der Waals surface area contributed by atoms with Gasteiger partial charge in [-0.15, -0.1) is 0 Å². The number of hydrogen-bond acceptors (Lipinski definition) is 5. The van der Waals surface area contributed by atoms with E-state index in [1.54, 1.807) is 14.2 Å². The monoisotopic (exact) mass is 282 g/mol. The normalized spacial score (nSPS) is 10.8. The Morgan fingerprint density at radius 3 is 2.35 bits per heavy atom. The summed E-state index contributed by atoms with van der Waals surface area (Å²) < 4.78 is 10.1. The van der Waals surface area contributed by atoms with Crippen molar-refractivity contribution in [2.45, 2.75) is 6.54 Å². The molecule has 0 aliphatic carbocycles. The minimum Gasteiger partial charge on any atom is -0.395 e. The van der Waals surface area contributed by atoms with E-state index in [1.807, 2.05) is 0 Å². The number of nitrogens with one attached hydrogen (secondary N) is 1. The molecular weight excluding hydrogens is 256 g/mol. The molecule has 1 aromatic carbocycles. The molecule has 0 saturated carbocycles. The predicted molar refractivity (Wildman–Crippen MR) is 81.2 cm³/mol. The third-order valence-electron chi connectivity index (χ3n) is 3.05. The largest absolute Gasteiger partial charge is 0.395 e. The minimum absolute atomic E-state index is 0.143. The first-order chi connectivity index (χ1) is 9.81. The van der Waals surface area contributed by atoms with Crippen LogP contribution in [0.15, 0.2) is 24.3 Å². The standard InChI is InChI=1S/C15H26N2O3/c1-19-11-7-16-13-14-3-5-15(6-4-14)17(8-10-18)9-12-20-2/h3-6,16,18H,7-13H2,1-2H3. The van der Waals surface area contributed by atoms with Gasteiger partial charge in [-0.1, -0.05) is 12.1 Å². The van der Waals surface area contributed by atoms with Crippen LogP contribution in [-0.4, -0.2) is 58.8 Å². The molecule has 0 heterocycles. The number of aliphatic hydroxyl groups is 1. The Labute approximate surface area is 121 Å². The maximum absolute atomic E-state index is 9.11. The smallest absolute Gasteiger partial charge is 0.0637 e. The van der Waals surface area contributed by atoms with Gasteiger partial charge in [0.1, 0.15) is 0 Å². The Balaban J connectivity index is 2.49. The summed E-state index contributed by atoms with van der Waals surface area (Å²) in [6.07, 6.45) is 0. The lowest BCUT2D eigenvalue weighted by atomic mass is 10.2. The van der Waals surface area contributed by atoms with Gasteiger partial charge in [0.05, 0.1) is 19.8 Å². The number of rotatable bonds is 11. The molecule has 20 heavy (non-hydrogen) atoms. The van der Waals surface area contributed by atoms with E-state index in [0.29, 0.717) is 13.2 Å². The number of methoxy groups -OCH3 is 2. The molecule has 1 aromatic rings. The lowest BCUT2D eigenvalue weighted by molar-refractivity contribution is 0.199. The lowest BCUT2D eigenvalue weighted by Gasteiger charge is -2.23. The van der Waals surface area contributed by atoms with Crippen molar-refractivity contribution >= 4 is 5.69 Å². The SMILES string of the molecule is COCCNCc1ccc(N(CCO)CCOC)cc1. The lowest BCUT2D eigenvalue weighted by Crippen LogP contribution is -2.30. The molecule has 0 aliphatic rings. The molecule has 0 radical (unpaired) electrons. The van der Waals surface area contributed by atoms with Crippen LogP contribution in [0.1, 0.15) is 5.56 Å². The summed E-state index contributed by atoms with van der Waals surface area (Å²) >= 11 is 0. The van der Waals surface area contributed by atoms with Gasteiger partial charge in [0, 0.05) is 46.1 Å². The van der Waals surface area contributed by atoms with Crippen LogP contribution < -0.4 is 10.2 Å². The van der Waals surface area contributed by atoms with Crippen molar-refractivity contribution in [1.29, 1.82) is 0 Å². The van der Waals surface area contributed by atoms with Crippen molar-refractivity contribution in [2.75, 3.05) is 58.6 Å². The highest BCUT2D eigenvalue weighted by Gasteiger charge is 2.05. The number of anilines is 1. The molecule has 0 spiro atoms. The van der Waals surface area contributed by atoms with Crippen LogP contribution in [-0.2, 0) is 16.0 Å². The molecule has 0 aromatic heterocycles. The van der Waals surface area contributed by atoms with Crippen LogP contribution in [0.25, 0.3) is 0 Å². The van der Waals surface area contributed by atoms with Crippen LogP contribution in [0.4, 0.5) is 5.69 Å². The van der Waals surface area contributed by atoms with Gasteiger partial charge in [0.25, 0.3) is 0 Å². The van der Waals surface area contributed by atoms with E-state index in [-0.39, 0.29) is 6.61 Å². The van der Waals surface area contributed by atoms with Crippen LogP contribution in [0.5, 0.6) is 0 Å². The molecule has 0 amide bonds. The predicted octanol–water partition coefficient (Wildman–Crippen LogP) is 0.868. The summed E-state index contributed by atoms with van der Waals surface area (Å²) in [6, 6.07) is 8.37. The minimum atomic E-state index is 0.143. The Bertz CT molecular complexity index is 343. The Morgan fingerprint density at radius 2 is 1.75 bits per heavy atom. The summed E-state index contributed by atoms with van der Waals surface area (Å²) in [5.41, 5.74) is 2.34. The van der Waals surface area contributed by atoms with E-state index >= 15 is 0 Å². The first-order valence-corrected chi connectivity index (χ1v) is 6.95. The van der Waals surface area contributed by atoms with E-state index < -0.39 is 0 Å². The molecule has 0 fully saturated rings. The number of benzene rings is 1. The molecule has 2 N–H and O–H groups in total. The van der Waals surface area contributed by atoms with Gasteiger partial charge >= 0.3 is 0 Å². The first-order valence-electron chi connectivity index (χ1n) is 6.95. The van der Waals surface area contributed by atoms with E-state index in [9.17, 15) is 0 Å². The first kappa shape index (κ1) is 16.9. The maximum atomic E-state index is 9.11. The van der Waals surface area contributed by atoms with Crippen LogP contribution in [0.2, 0.25) is 0 Å². The van der Waals surface area contributed by atoms with Gasteiger partial charge in [-0.3, -0.25) is 0 Å². The fraction of sp³-hybridized carbons (Fsp3) is 0.600. The van der Waals surface area contributed by atoms with Crippen molar-refractivity contribution in [1.82, 2.24) is 5.32 Å². The van der Waals surface area contributed by atoms with Crippen molar-refractivity contribution in [3.05, 3.63) is 29.8 Å². The molecule has 0 aliphatic heterocycles. The molecule has 5 nitrogen and oxygen atoms in total. The number of hydrogen-bond donors (Lipinski definition) is 2. The number of nitrogens with zero attached hydrogens (tertiary/aromatic N) is 1. The molecule has 5 heteroatoms. The van der Waals surface area contributed by atoms with Crippen LogP contribution in [0, 0.1) is 0 Å². The van der Waals surface area contributed by atoms with Gasteiger partial charge in [-0.05, 0) is 17.7 Å². The van der Waals surface area contributed by atoms with Gasteiger partial charge in [-0.25, -0.2) is 0 Å². The van der Waals surface area contributed by atoms with Gasteiger partial charge < -0.3 is 24.8 Å². The second kappa shape index (κ2) is 10.6.